The summed E-state index contributed by atoms with van der Waals surface area (Å²) in [4.78, 5) is 18.7. The third-order valence-electron chi connectivity index (χ3n) is 7.50. The first-order chi connectivity index (χ1) is 21.6. The van der Waals surface area contributed by atoms with Crippen LogP contribution < -0.4 is 14.8 Å². The quantitative estimate of drug-likeness (QED) is 0.154. The van der Waals surface area contributed by atoms with Crippen molar-refractivity contribution >= 4 is 6.03 Å². The first-order valence-electron chi connectivity index (χ1n) is 14.7. The SMILES string of the molecule is CCCCOc1ccc(C2(C)NC(=O)N(Cc3cc(Oc4ccc(C(O)(C(F)(F)F)C(F)(F)F)cc4CCC)ccn3)CO2)cc1. The Kier molecular flexibility index (Phi) is 10.4. The molecular formula is C32H35F6N3O5. The van der Waals surface area contributed by atoms with Crippen LogP contribution in [-0.4, -0.2) is 46.7 Å². The average molecular weight is 656 g/mol. The van der Waals surface area contributed by atoms with Gasteiger partial charge in [-0.2, -0.15) is 26.3 Å². The van der Waals surface area contributed by atoms with Gasteiger partial charge in [0.05, 0.1) is 18.8 Å². The number of aliphatic hydroxyl groups is 1. The maximum atomic E-state index is 13.5. The van der Waals surface area contributed by atoms with Gasteiger partial charge in [0, 0.05) is 23.4 Å². The molecule has 0 spiro atoms. The predicted octanol–water partition coefficient (Wildman–Crippen LogP) is 7.69. The van der Waals surface area contributed by atoms with Crippen LogP contribution in [0.25, 0.3) is 0 Å². The molecule has 3 aromatic rings. The van der Waals surface area contributed by atoms with E-state index in [-0.39, 0.29) is 36.8 Å². The lowest BCUT2D eigenvalue weighted by molar-refractivity contribution is -0.376. The lowest BCUT2D eigenvalue weighted by Gasteiger charge is -2.40. The number of aryl methyl sites for hydroxylation is 1. The van der Waals surface area contributed by atoms with Crippen LogP contribution in [0.1, 0.15) is 62.4 Å². The summed E-state index contributed by atoms with van der Waals surface area (Å²) in [6.45, 7) is 6.03. The minimum absolute atomic E-state index is 0.00560. The second kappa shape index (κ2) is 13.8. The number of carbonyl (C=O) groups excluding carboxylic acids is 1. The van der Waals surface area contributed by atoms with Gasteiger partial charge in [0.15, 0.2) is 5.72 Å². The van der Waals surface area contributed by atoms with Gasteiger partial charge in [-0.3, -0.25) is 9.88 Å². The van der Waals surface area contributed by atoms with E-state index in [0.29, 0.717) is 36.6 Å². The number of benzene rings is 2. The Morgan fingerprint density at radius 2 is 1.67 bits per heavy atom. The smallest absolute Gasteiger partial charge is 0.430 e. The van der Waals surface area contributed by atoms with Crippen LogP contribution in [0.4, 0.5) is 31.1 Å². The van der Waals surface area contributed by atoms with Crippen LogP contribution in [0.15, 0.2) is 60.8 Å². The zero-order chi connectivity index (χ0) is 33.8. The van der Waals surface area contributed by atoms with Gasteiger partial charge in [-0.15, -0.1) is 0 Å². The van der Waals surface area contributed by atoms with Crippen molar-refractivity contribution in [3.8, 4) is 17.2 Å². The van der Waals surface area contributed by atoms with E-state index in [0.717, 1.165) is 24.5 Å². The first-order valence-corrected chi connectivity index (χ1v) is 14.7. The summed E-state index contributed by atoms with van der Waals surface area (Å²) in [5.41, 5.74) is -6.38. The number of nitrogens with zero attached hydrogens (tertiary/aromatic N) is 2. The van der Waals surface area contributed by atoms with Gasteiger partial charge in [-0.1, -0.05) is 44.9 Å². The number of halogens is 6. The van der Waals surface area contributed by atoms with Crippen molar-refractivity contribution in [2.45, 2.75) is 76.7 Å². The van der Waals surface area contributed by atoms with E-state index < -0.39 is 35.3 Å². The molecule has 8 nitrogen and oxygen atoms in total. The number of ether oxygens (including phenoxy) is 3. The number of amides is 2. The molecule has 1 saturated heterocycles. The van der Waals surface area contributed by atoms with Crippen LogP contribution in [-0.2, 0) is 29.0 Å². The third kappa shape index (κ3) is 7.49. The highest BCUT2D eigenvalue weighted by Crippen LogP contribution is 2.50. The molecule has 1 aromatic heterocycles. The third-order valence-corrected chi connectivity index (χ3v) is 7.50. The molecule has 0 saturated carbocycles. The van der Waals surface area contributed by atoms with Crippen LogP contribution in [0, 0.1) is 0 Å². The summed E-state index contributed by atoms with van der Waals surface area (Å²) in [5.74, 6) is 0.895. The number of unbranched alkanes of at least 4 members (excludes halogenated alkanes) is 1. The molecule has 1 atom stereocenters. The highest BCUT2D eigenvalue weighted by Gasteiger charge is 2.71. The average Bonchev–Trinajstić information content (AvgIpc) is 2.99. The molecule has 2 aromatic carbocycles. The molecule has 46 heavy (non-hydrogen) atoms. The van der Waals surface area contributed by atoms with Gasteiger partial charge in [0.25, 0.3) is 5.60 Å². The number of hydrogen-bond acceptors (Lipinski definition) is 6. The second-order valence-electron chi connectivity index (χ2n) is 11.0. The molecule has 2 heterocycles. The monoisotopic (exact) mass is 655 g/mol. The van der Waals surface area contributed by atoms with Crippen LogP contribution in [0.3, 0.4) is 0 Å². The summed E-state index contributed by atoms with van der Waals surface area (Å²) in [7, 11) is 0. The van der Waals surface area contributed by atoms with E-state index in [1.807, 2.05) is 12.1 Å². The van der Waals surface area contributed by atoms with Crippen molar-refractivity contribution in [3.63, 3.8) is 0 Å². The van der Waals surface area contributed by atoms with E-state index in [1.54, 1.807) is 26.0 Å². The molecule has 1 unspecified atom stereocenters. The molecule has 0 bridgehead atoms. The molecule has 0 aliphatic carbocycles. The van der Waals surface area contributed by atoms with Gasteiger partial charge < -0.3 is 24.6 Å². The molecular weight excluding hydrogens is 620 g/mol. The zero-order valence-corrected chi connectivity index (χ0v) is 25.5. The first kappa shape index (κ1) is 34.8. The summed E-state index contributed by atoms with van der Waals surface area (Å²) in [6, 6.07) is 11.9. The van der Waals surface area contributed by atoms with Crippen molar-refractivity contribution in [3.05, 3.63) is 83.2 Å². The van der Waals surface area contributed by atoms with Crippen molar-refractivity contribution in [2.75, 3.05) is 13.3 Å². The number of urea groups is 1. The molecule has 2 amide bonds. The Morgan fingerprint density at radius 1 is 0.978 bits per heavy atom. The van der Waals surface area contributed by atoms with Gasteiger partial charge in [-0.05, 0) is 55.7 Å². The van der Waals surface area contributed by atoms with Crippen molar-refractivity contribution < 1.29 is 50.5 Å². The highest BCUT2D eigenvalue weighted by atomic mass is 19.4. The lowest BCUT2D eigenvalue weighted by atomic mass is 9.90. The number of aromatic nitrogens is 1. The molecule has 4 rings (SSSR count). The maximum Gasteiger partial charge on any atom is 0.430 e. The van der Waals surface area contributed by atoms with Gasteiger partial charge >= 0.3 is 18.4 Å². The Bertz CT molecular complexity index is 1480. The van der Waals surface area contributed by atoms with E-state index in [1.165, 1.54) is 23.2 Å². The van der Waals surface area contributed by atoms with Crippen LogP contribution >= 0.6 is 0 Å². The van der Waals surface area contributed by atoms with Gasteiger partial charge in [-0.25, -0.2) is 4.79 Å². The molecule has 1 aliphatic rings. The largest absolute Gasteiger partial charge is 0.494 e. The molecule has 0 radical (unpaired) electrons. The number of nitrogens with one attached hydrogen (secondary N) is 1. The zero-order valence-electron chi connectivity index (χ0n) is 25.5. The Hall–Kier alpha value is -4.04. The number of rotatable bonds is 12. The fraction of sp³-hybridized carbons (Fsp3) is 0.438. The number of alkyl halides is 6. The summed E-state index contributed by atoms with van der Waals surface area (Å²) in [5, 5.41) is 12.7. The van der Waals surface area contributed by atoms with Crippen LogP contribution in [0.5, 0.6) is 17.2 Å². The molecule has 1 aliphatic heterocycles. The van der Waals surface area contributed by atoms with E-state index in [4.69, 9.17) is 14.2 Å². The minimum Gasteiger partial charge on any atom is -0.494 e. The molecule has 14 heteroatoms. The summed E-state index contributed by atoms with van der Waals surface area (Å²) >= 11 is 0. The number of pyridine rings is 1. The lowest BCUT2D eigenvalue weighted by Crippen LogP contribution is -2.57. The highest BCUT2D eigenvalue weighted by molar-refractivity contribution is 5.75. The summed E-state index contributed by atoms with van der Waals surface area (Å²) < 4.78 is 98.3. The topological polar surface area (TPSA) is 93.2 Å². The van der Waals surface area contributed by atoms with E-state index in [2.05, 4.69) is 17.2 Å². The molecule has 2 N–H and O–H groups in total. The maximum absolute atomic E-state index is 13.5. The second-order valence-corrected chi connectivity index (χ2v) is 11.0. The predicted molar refractivity (Wildman–Crippen MR) is 155 cm³/mol. The fourth-order valence-corrected chi connectivity index (χ4v) is 4.85. The van der Waals surface area contributed by atoms with Crippen LogP contribution in [0.2, 0.25) is 0 Å². The minimum atomic E-state index is -6.01. The van der Waals surface area contributed by atoms with Crippen molar-refractivity contribution in [1.29, 1.82) is 0 Å². The Labute approximate surface area is 262 Å². The normalized spacial score (nSPS) is 17.5. The fourth-order valence-electron chi connectivity index (χ4n) is 4.85. The Balaban J connectivity index is 1.46. The van der Waals surface area contributed by atoms with E-state index in [9.17, 15) is 36.2 Å². The Morgan fingerprint density at radius 3 is 2.28 bits per heavy atom. The standard InChI is InChI=1S/C32H35F6N3O5/c1-4-6-16-44-25-11-8-22(9-12-25)29(3)40-28(42)41(20-45-29)19-24-18-26(14-15-39-24)46-27-13-10-23(17-21(27)7-5-2)30(43,31(33,34)35)32(36,37)38/h8-15,17-18,43H,4-7,16,19-20H2,1-3H3,(H,40,42). The van der Waals surface area contributed by atoms with E-state index >= 15 is 0 Å². The molecule has 1 fully saturated rings. The van der Waals surface area contributed by atoms with Crippen molar-refractivity contribution in [2.24, 2.45) is 0 Å². The molecule has 250 valence electrons. The van der Waals surface area contributed by atoms with Crippen molar-refractivity contribution in [1.82, 2.24) is 15.2 Å². The number of hydrogen-bond donors (Lipinski definition) is 2. The van der Waals surface area contributed by atoms with Gasteiger partial charge in [0.1, 0.15) is 24.0 Å². The summed E-state index contributed by atoms with van der Waals surface area (Å²) in [6.07, 6.45) is -8.22. The number of carbonyl (C=O) groups is 1. The van der Waals surface area contributed by atoms with Gasteiger partial charge in [0.2, 0.25) is 0 Å².